The maximum atomic E-state index is 6.49. The van der Waals surface area contributed by atoms with Crippen molar-refractivity contribution in [2.75, 3.05) is 7.05 Å². The summed E-state index contributed by atoms with van der Waals surface area (Å²) < 4.78 is 0. The van der Waals surface area contributed by atoms with Crippen LogP contribution in [-0.4, -0.2) is 7.05 Å². The van der Waals surface area contributed by atoms with Crippen molar-refractivity contribution in [2.45, 2.75) is 38.1 Å². The molecular weight excluding hydrogens is 278 g/mol. The molecule has 2 aromatic rings. The Morgan fingerprint density at radius 2 is 1.86 bits per heavy atom. The summed E-state index contributed by atoms with van der Waals surface area (Å²) in [5.41, 5.74) is 5.22. The average molecular weight is 300 g/mol. The number of aryl methyl sites for hydroxylation is 1. The third kappa shape index (κ3) is 2.86. The minimum Gasteiger partial charge on any atom is -0.309 e. The van der Waals surface area contributed by atoms with Gasteiger partial charge in [-0.15, -0.1) is 0 Å². The lowest BCUT2D eigenvalue weighted by molar-refractivity contribution is 0.415. The number of nitrogens with one attached hydrogen (secondary N) is 1. The van der Waals surface area contributed by atoms with Crippen molar-refractivity contribution in [3.05, 3.63) is 69.7 Å². The second-order valence-corrected chi connectivity index (χ2v) is 6.41. The lowest BCUT2D eigenvalue weighted by atomic mass is 9.76. The first kappa shape index (κ1) is 14.6. The zero-order chi connectivity index (χ0) is 14.8. The van der Waals surface area contributed by atoms with E-state index < -0.39 is 0 Å². The van der Waals surface area contributed by atoms with Crippen LogP contribution in [0.25, 0.3) is 0 Å². The normalized spacial score (nSPS) is 16.5. The Morgan fingerprint density at radius 1 is 1.10 bits per heavy atom. The molecule has 2 heteroatoms. The van der Waals surface area contributed by atoms with Gasteiger partial charge in [0.1, 0.15) is 0 Å². The van der Waals surface area contributed by atoms with Crippen molar-refractivity contribution in [3.63, 3.8) is 0 Å². The number of halogens is 1. The topological polar surface area (TPSA) is 12.0 Å². The van der Waals surface area contributed by atoms with Gasteiger partial charge in [0.2, 0.25) is 0 Å². The van der Waals surface area contributed by atoms with Crippen LogP contribution >= 0.6 is 11.6 Å². The first-order valence-corrected chi connectivity index (χ1v) is 8.10. The Kier molecular flexibility index (Phi) is 4.32. The maximum absolute atomic E-state index is 6.49. The predicted molar refractivity (Wildman–Crippen MR) is 90.1 cm³/mol. The van der Waals surface area contributed by atoms with E-state index in [2.05, 4.69) is 48.6 Å². The first-order chi connectivity index (χ1) is 10.2. The van der Waals surface area contributed by atoms with Crippen molar-refractivity contribution < 1.29 is 0 Å². The fraction of sp³-hybridized carbons (Fsp3) is 0.368. The van der Waals surface area contributed by atoms with E-state index in [1.54, 1.807) is 0 Å². The van der Waals surface area contributed by atoms with E-state index in [1.807, 2.05) is 13.1 Å². The number of hydrogen-bond donors (Lipinski definition) is 1. The number of hydrogen-bond acceptors (Lipinski definition) is 1. The van der Waals surface area contributed by atoms with E-state index in [4.69, 9.17) is 11.6 Å². The second-order valence-electron chi connectivity index (χ2n) is 6.00. The molecule has 1 nitrogen and oxygen atoms in total. The molecule has 0 aliphatic heterocycles. The lowest BCUT2D eigenvalue weighted by Gasteiger charge is -2.31. The van der Waals surface area contributed by atoms with E-state index in [-0.39, 0.29) is 6.04 Å². The quantitative estimate of drug-likeness (QED) is 0.815. The highest BCUT2D eigenvalue weighted by molar-refractivity contribution is 6.31. The highest BCUT2D eigenvalue weighted by Crippen LogP contribution is 2.41. The maximum Gasteiger partial charge on any atom is 0.0591 e. The zero-order valence-electron chi connectivity index (χ0n) is 12.7. The molecule has 3 rings (SSSR count). The third-order valence-corrected chi connectivity index (χ3v) is 4.93. The molecule has 0 aromatic heterocycles. The Hall–Kier alpha value is -1.31. The highest BCUT2D eigenvalue weighted by atomic mass is 35.5. The SMILES string of the molecule is CNC(c1ccc(C)cc1Cl)c1ccccc1C1CCC1. The molecule has 0 spiro atoms. The van der Waals surface area contributed by atoms with Gasteiger partial charge in [-0.2, -0.15) is 0 Å². The van der Waals surface area contributed by atoms with Gasteiger partial charge in [-0.3, -0.25) is 0 Å². The summed E-state index contributed by atoms with van der Waals surface area (Å²) >= 11 is 6.49. The van der Waals surface area contributed by atoms with Gasteiger partial charge in [-0.1, -0.05) is 54.4 Å². The minimum absolute atomic E-state index is 0.162. The molecule has 1 atom stereocenters. The van der Waals surface area contributed by atoms with Crippen LogP contribution in [0.4, 0.5) is 0 Å². The zero-order valence-corrected chi connectivity index (χ0v) is 13.5. The molecule has 110 valence electrons. The smallest absolute Gasteiger partial charge is 0.0591 e. The first-order valence-electron chi connectivity index (χ1n) is 7.73. The molecular formula is C19H22ClN. The predicted octanol–water partition coefficient (Wildman–Crippen LogP) is 5.22. The Balaban J connectivity index is 2.03. The highest BCUT2D eigenvalue weighted by Gasteiger charge is 2.25. The second kappa shape index (κ2) is 6.21. The van der Waals surface area contributed by atoms with E-state index in [0.29, 0.717) is 0 Å². The largest absolute Gasteiger partial charge is 0.309 e. The Labute approximate surface area is 132 Å². The lowest BCUT2D eigenvalue weighted by Crippen LogP contribution is -2.22. The van der Waals surface area contributed by atoms with Crippen molar-refractivity contribution in [3.8, 4) is 0 Å². The molecule has 2 aromatic carbocycles. The summed E-state index contributed by atoms with van der Waals surface area (Å²) in [7, 11) is 2.01. The van der Waals surface area contributed by atoms with E-state index in [0.717, 1.165) is 16.5 Å². The summed E-state index contributed by atoms with van der Waals surface area (Å²) in [6.07, 6.45) is 3.98. The van der Waals surface area contributed by atoms with Crippen molar-refractivity contribution in [1.82, 2.24) is 5.32 Å². The molecule has 0 amide bonds. The van der Waals surface area contributed by atoms with Crippen LogP contribution < -0.4 is 5.32 Å². The third-order valence-electron chi connectivity index (χ3n) is 4.61. The number of rotatable bonds is 4. The molecule has 1 fully saturated rings. The molecule has 0 bridgehead atoms. The molecule has 21 heavy (non-hydrogen) atoms. The van der Waals surface area contributed by atoms with Crippen molar-refractivity contribution in [1.29, 1.82) is 0 Å². The molecule has 0 saturated heterocycles. The average Bonchev–Trinajstić information content (AvgIpc) is 2.41. The van der Waals surface area contributed by atoms with Gasteiger partial charge in [0.05, 0.1) is 6.04 Å². The van der Waals surface area contributed by atoms with Crippen molar-refractivity contribution >= 4 is 11.6 Å². The van der Waals surface area contributed by atoms with Gasteiger partial charge in [0, 0.05) is 5.02 Å². The van der Waals surface area contributed by atoms with Crippen LogP contribution in [0.3, 0.4) is 0 Å². The molecule has 1 N–H and O–H groups in total. The summed E-state index contributed by atoms with van der Waals surface area (Å²) in [6.45, 7) is 2.08. The molecule has 1 aliphatic rings. The van der Waals surface area contributed by atoms with Gasteiger partial charge >= 0.3 is 0 Å². The van der Waals surface area contributed by atoms with Gasteiger partial charge in [0.25, 0.3) is 0 Å². The van der Waals surface area contributed by atoms with E-state index in [9.17, 15) is 0 Å². The van der Waals surface area contributed by atoms with Gasteiger partial charge in [-0.05, 0) is 61.1 Å². The standard InChI is InChI=1S/C19H22ClN/c1-13-10-11-17(18(20)12-13)19(21-2)16-9-4-3-8-15(16)14-6-5-7-14/h3-4,8-12,14,19,21H,5-7H2,1-2H3. The summed E-state index contributed by atoms with van der Waals surface area (Å²) in [4.78, 5) is 0. The van der Waals surface area contributed by atoms with Crippen LogP contribution in [0.15, 0.2) is 42.5 Å². The van der Waals surface area contributed by atoms with Crippen LogP contribution in [0, 0.1) is 6.92 Å². The molecule has 1 unspecified atom stereocenters. The molecule has 1 aliphatic carbocycles. The molecule has 1 saturated carbocycles. The van der Waals surface area contributed by atoms with Crippen LogP contribution in [-0.2, 0) is 0 Å². The fourth-order valence-electron chi connectivity index (χ4n) is 3.21. The summed E-state index contributed by atoms with van der Waals surface area (Å²) in [5, 5.41) is 4.30. The summed E-state index contributed by atoms with van der Waals surface area (Å²) in [5.74, 6) is 0.723. The minimum atomic E-state index is 0.162. The monoisotopic (exact) mass is 299 g/mol. The molecule has 0 heterocycles. The Morgan fingerprint density at radius 3 is 2.48 bits per heavy atom. The van der Waals surface area contributed by atoms with E-state index in [1.165, 1.54) is 36.0 Å². The fourth-order valence-corrected chi connectivity index (χ4v) is 3.55. The Bertz CT molecular complexity index is 631. The van der Waals surface area contributed by atoms with Crippen molar-refractivity contribution in [2.24, 2.45) is 0 Å². The number of benzene rings is 2. The van der Waals surface area contributed by atoms with E-state index >= 15 is 0 Å². The molecule has 0 radical (unpaired) electrons. The van der Waals surface area contributed by atoms with Gasteiger partial charge in [0.15, 0.2) is 0 Å². The van der Waals surface area contributed by atoms with Crippen LogP contribution in [0.1, 0.15) is 53.5 Å². The van der Waals surface area contributed by atoms with Crippen LogP contribution in [0.2, 0.25) is 5.02 Å². The van der Waals surface area contributed by atoms with Crippen LogP contribution in [0.5, 0.6) is 0 Å². The van der Waals surface area contributed by atoms with Gasteiger partial charge in [-0.25, -0.2) is 0 Å². The summed E-state index contributed by atoms with van der Waals surface area (Å²) in [6, 6.07) is 15.3. The van der Waals surface area contributed by atoms with Gasteiger partial charge < -0.3 is 5.32 Å².